The molecule has 13 heavy (non-hydrogen) atoms. The topological polar surface area (TPSA) is 22.1 Å². The number of hydrogen-bond donors (Lipinski definition) is 0. The summed E-state index contributed by atoms with van der Waals surface area (Å²) in [4.78, 5) is 4.04. The van der Waals surface area contributed by atoms with Gasteiger partial charge in [0.1, 0.15) is 0 Å². The first-order valence-corrected chi connectivity index (χ1v) is 4.66. The van der Waals surface area contributed by atoms with E-state index in [2.05, 4.69) is 4.98 Å². The molecule has 4 heteroatoms. The monoisotopic (exact) mass is 219 g/mol. The first-order valence-electron chi connectivity index (χ1n) is 3.91. The number of halogens is 2. The van der Waals surface area contributed by atoms with Gasteiger partial charge in [0.05, 0.1) is 21.8 Å². The molecule has 1 rings (SSSR count). The van der Waals surface area contributed by atoms with E-state index in [-0.39, 0.29) is 6.10 Å². The summed E-state index contributed by atoms with van der Waals surface area (Å²) in [5, 5.41) is 1.13. The van der Waals surface area contributed by atoms with E-state index in [9.17, 15) is 0 Å². The maximum absolute atomic E-state index is 6.05. The van der Waals surface area contributed by atoms with Crippen LogP contribution >= 0.6 is 23.2 Å². The van der Waals surface area contributed by atoms with Crippen molar-refractivity contribution < 1.29 is 4.74 Å². The average molecular weight is 220 g/mol. The molecule has 2 nitrogen and oxygen atoms in total. The molecule has 0 radical (unpaired) electrons. The molecule has 1 heterocycles. The van der Waals surface area contributed by atoms with Gasteiger partial charge in [-0.1, -0.05) is 23.2 Å². The van der Waals surface area contributed by atoms with Crippen molar-refractivity contribution in [2.24, 2.45) is 0 Å². The lowest BCUT2D eigenvalue weighted by molar-refractivity contribution is 0.119. The lowest BCUT2D eigenvalue weighted by Crippen LogP contribution is -2.00. The summed E-state index contributed by atoms with van der Waals surface area (Å²) in [5.74, 6) is 0. The number of pyridine rings is 1. The highest BCUT2D eigenvalue weighted by Gasteiger charge is 2.15. The van der Waals surface area contributed by atoms with Crippen LogP contribution in [0.15, 0.2) is 6.20 Å². The van der Waals surface area contributed by atoms with Crippen LogP contribution in [-0.4, -0.2) is 12.1 Å². The molecule has 0 aliphatic carbocycles. The molecule has 0 amide bonds. The average Bonchev–Trinajstić information content (AvgIpc) is 2.12. The first-order chi connectivity index (χ1) is 6.07. The Morgan fingerprint density at radius 1 is 1.46 bits per heavy atom. The molecule has 0 aliphatic rings. The van der Waals surface area contributed by atoms with Crippen molar-refractivity contribution in [1.82, 2.24) is 4.98 Å². The molecular formula is C9H11Cl2NO. The SMILES string of the molecule is COC(C)c1c(Cl)cnc(C)c1Cl. The molecule has 0 aliphatic heterocycles. The summed E-state index contributed by atoms with van der Waals surface area (Å²) in [6, 6.07) is 0. The quantitative estimate of drug-likeness (QED) is 0.761. The van der Waals surface area contributed by atoms with E-state index in [0.29, 0.717) is 10.0 Å². The van der Waals surface area contributed by atoms with Gasteiger partial charge < -0.3 is 4.74 Å². The van der Waals surface area contributed by atoms with E-state index in [1.54, 1.807) is 13.3 Å². The van der Waals surface area contributed by atoms with Crippen LogP contribution in [-0.2, 0) is 4.74 Å². The normalized spacial score (nSPS) is 13.0. The Bertz CT molecular complexity index is 315. The van der Waals surface area contributed by atoms with Crippen LogP contribution in [0.25, 0.3) is 0 Å². The molecule has 72 valence electrons. The Labute approximate surface area is 87.8 Å². The molecule has 0 spiro atoms. The van der Waals surface area contributed by atoms with E-state index in [0.717, 1.165) is 11.3 Å². The van der Waals surface area contributed by atoms with Crippen molar-refractivity contribution in [1.29, 1.82) is 0 Å². The van der Waals surface area contributed by atoms with Crippen molar-refractivity contribution in [3.05, 3.63) is 27.5 Å². The maximum atomic E-state index is 6.05. The number of methoxy groups -OCH3 is 1. The summed E-state index contributed by atoms with van der Waals surface area (Å²) < 4.78 is 5.16. The fraction of sp³-hybridized carbons (Fsp3) is 0.444. The third-order valence-electron chi connectivity index (χ3n) is 1.94. The van der Waals surface area contributed by atoms with Crippen LogP contribution in [0.2, 0.25) is 10.0 Å². The Balaban J connectivity index is 3.25. The van der Waals surface area contributed by atoms with Crippen LogP contribution in [0.3, 0.4) is 0 Å². The Hall–Kier alpha value is -0.310. The third kappa shape index (κ3) is 2.13. The van der Waals surface area contributed by atoms with Gasteiger partial charge in [0.2, 0.25) is 0 Å². The van der Waals surface area contributed by atoms with E-state index >= 15 is 0 Å². The second-order valence-corrected chi connectivity index (χ2v) is 3.58. The lowest BCUT2D eigenvalue weighted by atomic mass is 10.1. The summed E-state index contributed by atoms with van der Waals surface area (Å²) in [5.41, 5.74) is 1.57. The van der Waals surface area contributed by atoms with Gasteiger partial charge in [-0.2, -0.15) is 0 Å². The summed E-state index contributed by atoms with van der Waals surface area (Å²) >= 11 is 12.0. The third-order valence-corrected chi connectivity index (χ3v) is 2.72. The van der Waals surface area contributed by atoms with Crippen LogP contribution in [0.4, 0.5) is 0 Å². The number of aromatic nitrogens is 1. The molecule has 0 aromatic carbocycles. The lowest BCUT2D eigenvalue weighted by Gasteiger charge is -2.14. The van der Waals surface area contributed by atoms with E-state index in [1.807, 2.05) is 13.8 Å². The Morgan fingerprint density at radius 3 is 2.62 bits per heavy atom. The number of rotatable bonds is 2. The minimum Gasteiger partial charge on any atom is -0.377 e. The van der Waals surface area contributed by atoms with E-state index in [4.69, 9.17) is 27.9 Å². The highest BCUT2D eigenvalue weighted by atomic mass is 35.5. The molecule has 0 saturated heterocycles. The van der Waals surface area contributed by atoms with Gasteiger partial charge in [0.25, 0.3) is 0 Å². The number of nitrogens with zero attached hydrogens (tertiary/aromatic N) is 1. The molecular weight excluding hydrogens is 209 g/mol. The first kappa shape index (κ1) is 10.8. The molecule has 0 saturated carbocycles. The minimum absolute atomic E-state index is 0.110. The summed E-state index contributed by atoms with van der Waals surface area (Å²) in [7, 11) is 1.62. The molecule has 1 aromatic heterocycles. The van der Waals surface area contributed by atoms with Gasteiger partial charge in [-0.05, 0) is 13.8 Å². The second-order valence-electron chi connectivity index (χ2n) is 2.80. The van der Waals surface area contributed by atoms with Crippen LogP contribution in [0.5, 0.6) is 0 Å². The van der Waals surface area contributed by atoms with Crippen molar-refractivity contribution in [3.8, 4) is 0 Å². The highest BCUT2D eigenvalue weighted by Crippen LogP contribution is 2.32. The van der Waals surface area contributed by atoms with Crippen molar-refractivity contribution in [3.63, 3.8) is 0 Å². The van der Waals surface area contributed by atoms with Gasteiger partial charge in [-0.15, -0.1) is 0 Å². The predicted molar refractivity (Wildman–Crippen MR) is 54.4 cm³/mol. The molecule has 0 fully saturated rings. The Morgan fingerprint density at radius 2 is 2.08 bits per heavy atom. The molecule has 1 unspecified atom stereocenters. The van der Waals surface area contributed by atoms with Gasteiger partial charge in [-0.25, -0.2) is 0 Å². The largest absolute Gasteiger partial charge is 0.377 e. The van der Waals surface area contributed by atoms with Crippen molar-refractivity contribution >= 4 is 23.2 Å². The van der Waals surface area contributed by atoms with Crippen molar-refractivity contribution in [2.45, 2.75) is 20.0 Å². The van der Waals surface area contributed by atoms with E-state index < -0.39 is 0 Å². The number of hydrogen-bond acceptors (Lipinski definition) is 2. The zero-order valence-corrected chi connectivity index (χ0v) is 9.28. The van der Waals surface area contributed by atoms with E-state index in [1.165, 1.54) is 0 Å². The number of aryl methyl sites for hydroxylation is 1. The standard InChI is InChI=1S/C9H11Cl2NO/c1-5-9(11)8(6(2)13-3)7(10)4-12-5/h4,6H,1-3H3. The zero-order chi connectivity index (χ0) is 10.0. The smallest absolute Gasteiger partial charge is 0.0823 e. The zero-order valence-electron chi connectivity index (χ0n) is 7.77. The summed E-state index contributed by atoms with van der Waals surface area (Å²) in [6.45, 7) is 3.73. The Kier molecular flexibility index (Phi) is 3.54. The second kappa shape index (κ2) is 4.27. The number of ether oxygens (including phenoxy) is 1. The fourth-order valence-corrected chi connectivity index (χ4v) is 1.72. The van der Waals surface area contributed by atoms with Gasteiger partial charge in [-0.3, -0.25) is 4.98 Å². The van der Waals surface area contributed by atoms with Gasteiger partial charge >= 0.3 is 0 Å². The molecule has 0 N–H and O–H groups in total. The van der Waals surface area contributed by atoms with Crippen LogP contribution in [0.1, 0.15) is 24.3 Å². The summed E-state index contributed by atoms with van der Waals surface area (Å²) in [6.07, 6.45) is 1.48. The molecule has 1 atom stereocenters. The molecule has 1 aromatic rings. The predicted octanol–water partition coefficient (Wildman–Crippen LogP) is 3.40. The van der Waals surface area contributed by atoms with Gasteiger partial charge in [0.15, 0.2) is 0 Å². The van der Waals surface area contributed by atoms with Crippen LogP contribution in [0, 0.1) is 6.92 Å². The van der Waals surface area contributed by atoms with Gasteiger partial charge in [0, 0.05) is 18.9 Å². The highest BCUT2D eigenvalue weighted by molar-refractivity contribution is 6.36. The van der Waals surface area contributed by atoms with Crippen molar-refractivity contribution in [2.75, 3.05) is 7.11 Å². The van der Waals surface area contributed by atoms with Crippen LogP contribution < -0.4 is 0 Å². The minimum atomic E-state index is -0.110. The molecule has 0 bridgehead atoms. The fourth-order valence-electron chi connectivity index (χ4n) is 1.07. The maximum Gasteiger partial charge on any atom is 0.0823 e.